The molecule has 1 heterocycles. The lowest BCUT2D eigenvalue weighted by molar-refractivity contribution is 0.553. The Morgan fingerprint density at radius 3 is 2.50 bits per heavy atom. The van der Waals surface area contributed by atoms with Crippen LogP contribution in [-0.2, 0) is 0 Å². The first kappa shape index (κ1) is 13.4. The molecule has 1 atom stereocenters. The van der Waals surface area contributed by atoms with Gasteiger partial charge in [-0.3, -0.25) is 0 Å². The van der Waals surface area contributed by atoms with Crippen LogP contribution in [0.2, 0.25) is 0 Å². The number of fused-ring (bicyclic) bond motifs is 1. The summed E-state index contributed by atoms with van der Waals surface area (Å²) in [6.45, 7) is 4.52. The predicted molar refractivity (Wildman–Crippen MR) is 90.1 cm³/mol. The van der Waals surface area contributed by atoms with Crippen molar-refractivity contribution >= 4 is 26.8 Å². The quantitative estimate of drug-likeness (QED) is 0.552. The molecule has 102 valence electrons. The van der Waals surface area contributed by atoms with Gasteiger partial charge in [0.15, 0.2) is 0 Å². The van der Waals surface area contributed by atoms with E-state index in [9.17, 15) is 0 Å². The molecule has 0 spiro atoms. The number of halogens is 1. The topological polar surface area (TPSA) is 4.93 Å². The highest BCUT2D eigenvalue weighted by Gasteiger charge is 2.15. The molecule has 0 radical (unpaired) electrons. The third-order valence-corrected chi connectivity index (χ3v) is 4.62. The summed E-state index contributed by atoms with van der Waals surface area (Å²) >= 11 is 3.68. The molecule has 3 rings (SSSR count). The first-order valence-electron chi connectivity index (χ1n) is 7.07. The third kappa shape index (κ3) is 2.18. The lowest BCUT2D eigenvalue weighted by Gasteiger charge is -2.18. The molecule has 0 fully saturated rings. The van der Waals surface area contributed by atoms with Crippen molar-refractivity contribution in [1.82, 2.24) is 4.57 Å². The summed E-state index contributed by atoms with van der Waals surface area (Å²) in [5.74, 6) is 0. The van der Waals surface area contributed by atoms with E-state index in [-0.39, 0.29) is 0 Å². The van der Waals surface area contributed by atoms with E-state index < -0.39 is 0 Å². The van der Waals surface area contributed by atoms with E-state index in [2.05, 4.69) is 88.9 Å². The lowest BCUT2D eigenvalue weighted by Crippen LogP contribution is -2.05. The van der Waals surface area contributed by atoms with Gasteiger partial charge >= 0.3 is 0 Å². The highest BCUT2D eigenvalue weighted by atomic mass is 79.9. The molecular formula is C18H18BrN. The van der Waals surface area contributed by atoms with E-state index in [4.69, 9.17) is 0 Å². The van der Waals surface area contributed by atoms with E-state index in [1.165, 1.54) is 22.2 Å². The minimum Gasteiger partial charge on any atom is -0.338 e. The second-order valence-electron chi connectivity index (χ2n) is 5.20. The van der Waals surface area contributed by atoms with Crippen molar-refractivity contribution in [3.8, 4) is 11.3 Å². The Bertz CT molecular complexity index is 742. The molecule has 1 unspecified atom stereocenters. The number of para-hydroxylation sites is 1. The van der Waals surface area contributed by atoms with Crippen molar-refractivity contribution in [2.24, 2.45) is 0 Å². The molecule has 1 nitrogen and oxygen atoms in total. The lowest BCUT2D eigenvalue weighted by atomic mass is 10.1. The van der Waals surface area contributed by atoms with Gasteiger partial charge in [-0.05, 0) is 31.5 Å². The van der Waals surface area contributed by atoms with Gasteiger partial charge in [0.25, 0.3) is 0 Å². The number of hydrogen-bond donors (Lipinski definition) is 0. The molecule has 0 aliphatic heterocycles. The molecule has 0 aliphatic carbocycles. The standard InChI is InChI=1S/C18H18BrN/c1-3-13(2)20-17-11-7-4-8-14(17)12-18(20)15-9-5-6-10-16(15)19/h4-13H,3H2,1-2H3. The fourth-order valence-corrected chi connectivity index (χ4v) is 3.20. The van der Waals surface area contributed by atoms with Crippen LogP contribution in [0.3, 0.4) is 0 Å². The fraction of sp³-hybridized carbons (Fsp3) is 0.222. The smallest absolute Gasteiger partial charge is 0.0505 e. The molecule has 1 aromatic heterocycles. The number of benzene rings is 2. The first-order valence-corrected chi connectivity index (χ1v) is 7.86. The summed E-state index contributed by atoms with van der Waals surface area (Å²) in [5, 5.41) is 1.30. The maximum absolute atomic E-state index is 3.68. The van der Waals surface area contributed by atoms with E-state index in [1.54, 1.807) is 0 Å². The molecule has 0 amide bonds. The van der Waals surface area contributed by atoms with Crippen molar-refractivity contribution in [1.29, 1.82) is 0 Å². The van der Waals surface area contributed by atoms with E-state index in [0.29, 0.717) is 6.04 Å². The van der Waals surface area contributed by atoms with Gasteiger partial charge in [-0.1, -0.05) is 59.3 Å². The highest BCUT2D eigenvalue weighted by molar-refractivity contribution is 9.10. The van der Waals surface area contributed by atoms with Crippen LogP contribution in [0.5, 0.6) is 0 Å². The summed E-state index contributed by atoms with van der Waals surface area (Å²) in [6.07, 6.45) is 1.12. The van der Waals surface area contributed by atoms with E-state index in [0.717, 1.165) is 10.9 Å². The third-order valence-electron chi connectivity index (χ3n) is 3.93. The molecule has 0 saturated heterocycles. The zero-order valence-corrected chi connectivity index (χ0v) is 13.4. The predicted octanol–water partition coefficient (Wildman–Crippen LogP) is 6.04. The molecule has 20 heavy (non-hydrogen) atoms. The van der Waals surface area contributed by atoms with Gasteiger partial charge in [0, 0.05) is 27.0 Å². The van der Waals surface area contributed by atoms with Crippen LogP contribution in [-0.4, -0.2) is 4.57 Å². The fourth-order valence-electron chi connectivity index (χ4n) is 2.71. The number of hydrogen-bond acceptors (Lipinski definition) is 0. The van der Waals surface area contributed by atoms with Crippen LogP contribution < -0.4 is 0 Å². The summed E-state index contributed by atoms with van der Waals surface area (Å²) < 4.78 is 3.60. The SMILES string of the molecule is CCC(C)n1c(-c2ccccc2Br)cc2ccccc21. The first-order chi connectivity index (χ1) is 9.72. The van der Waals surface area contributed by atoms with Gasteiger partial charge < -0.3 is 4.57 Å². The van der Waals surface area contributed by atoms with Gasteiger partial charge in [0.05, 0.1) is 5.69 Å². The van der Waals surface area contributed by atoms with Crippen LogP contribution >= 0.6 is 15.9 Å². The van der Waals surface area contributed by atoms with Crippen LogP contribution in [0, 0.1) is 0 Å². The monoisotopic (exact) mass is 327 g/mol. The van der Waals surface area contributed by atoms with E-state index >= 15 is 0 Å². The molecule has 2 aromatic carbocycles. The largest absolute Gasteiger partial charge is 0.338 e. The van der Waals surface area contributed by atoms with Gasteiger partial charge in [-0.2, -0.15) is 0 Å². The Balaban J connectivity index is 2.32. The zero-order chi connectivity index (χ0) is 14.1. The van der Waals surface area contributed by atoms with Crippen molar-refractivity contribution in [2.75, 3.05) is 0 Å². The molecule has 0 N–H and O–H groups in total. The number of rotatable bonds is 3. The van der Waals surface area contributed by atoms with Crippen LogP contribution in [0.25, 0.3) is 22.2 Å². The van der Waals surface area contributed by atoms with Gasteiger partial charge in [0.2, 0.25) is 0 Å². The normalized spacial score (nSPS) is 12.8. The van der Waals surface area contributed by atoms with Crippen LogP contribution in [0.15, 0.2) is 59.1 Å². The number of aromatic nitrogens is 1. The minimum atomic E-state index is 0.483. The van der Waals surface area contributed by atoms with Crippen LogP contribution in [0.1, 0.15) is 26.3 Å². The van der Waals surface area contributed by atoms with Crippen molar-refractivity contribution < 1.29 is 0 Å². The average Bonchev–Trinajstić information content (AvgIpc) is 2.86. The molecule has 0 saturated carbocycles. The van der Waals surface area contributed by atoms with Crippen LogP contribution in [0.4, 0.5) is 0 Å². The number of nitrogens with zero attached hydrogens (tertiary/aromatic N) is 1. The summed E-state index contributed by atoms with van der Waals surface area (Å²) in [6, 6.07) is 19.8. The minimum absolute atomic E-state index is 0.483. The Morgan fingerprint density at radius 2 is 1.75 bits per heavy atom. The molecule has 0 aliphatic rings. The zero-order valence-electron chi connectivity index (χ0n) is 11.8. The Kier molecular flexibility index (Phi) is 3.66. The molecule has 0 bridgehead atoms. The molecular weight excluding hydrogens is 310 g/mol. The average molecular weight is 328 g/mol. The van der Waals surface area contributed by atoms with Gasteiger partial charge in [-0.25, -0.2) is 0 Å². The molecule has 3 aromatic rings. The van der Waals surface area contributed by atoms with Gasteiger partial charge in [-0.15, -0.1) is 0 Å². The van der Waals surface area contributed by atoms with E-state index in [1.807, 2.05) is 0 Å². The summed E-state index contributed by atoms with van der Waals surface area (Å²) in [7, 11) is 0. The Hall–Kier alpha value is -1.54. The van der Waals surface area contributed by atoms with Crippen molar-refractivity contribution in [3.63, 3.8) is 0 Å². The van der Waals surface area contributed by atoms with Crippen molar-refractivity contribution in [2.45, 2.75) is 26.3 Å². The molecule has 2 heteroatoms. The maximum atomic E-state index is 3.68. The maximum Gasteiger partial charge on any atom is 0.0505 e. The highest BCUT2D eigenvalue weighted by Crippen LogP contribution is 2.35. The Morgan fingerprint density at radius 1 is 1.05 bits per heavy atom. The summed E-state index contributed by atoms with van der Waals surface area (Å²) in [4.78, 5) is 0. The van der Waals surface area contributed by atoms with Gasteiger partial charge in [0.1, 0.15) is 0 Å². The van der Waals surface area contributed by atoms with Crippen molar-refractivity contribution in [3.05, 3.63) is 59.1 Å². The second kappa shape index (κ2) is 5.45. The second-order valence-corrected chi connectivity index (χ2v) is 6.05. The Labute approximate surface area is 128 Å². The summed E-state index contributed by atoms with van der Waals surface area (Å²) in [5.41, 5.74) is 3.85.